The van der Waals surface area contributed by atoms with E-state index in [-0.39, 0.29) is 0 Å². The van der Waals surface area contributed by atoms with E-state index in [0.29, 0.717) is 33.0 Å². The Balaban J connectivity index is 1.41. The van der Waals surface area contributed by atoms with E-state index in [1.165, 1.54) is 96.3 Å². The molecule has 5 nitrogen and oxygen atoms in total. The van der Waals surface area contributed by atoms with Crippen LogP contribution in [0.3, 0.4) is 0 Å². The summed E-state index contributed by atoms with van der Waals surface area (Å²) in [6, 6.07) is 28.9. The zero-order valence-electron chi connectivity index (χ0n) is 34.8. The molecule has 0 spiro atoms. The van der Waals surface area contributed by atoms with E-state index in [0.717, 1.165) is 74.7 Å². The number of halogens is 1. The summed E-state index contributed by atoms with van der Waals surface area (Å²) < 4.78 is 33.0. The van der Waals surface area contributed by atoms with Crippen LogP contribution in [0.4, 0.5) is 0 Å². The monoisotopic (exact) mass is 828 g/mol. The zero-order chi connectivity index (χ0) is 39.5. The van der Waals surface area contributed by atoms with Crippen LogP contribution in [-0.2, 0) is 13.2 Å². The van der Waals surface area contributed by atoms with Crippen molar-refractivity contribution < 1.29 is 23.7 Å². The first-order valence-corrected chi connectivity index (χ1v) is 22.6. The van der Waals surface area contributed by atoms with Gasteiger partial charge in [-0.05, 0) is 90.0 Å². The van der Waals surface area contributed by atoms with Gasteiger partial charge in [0, 0.05) is 4.47 Å². The molecule has 0 N–H and O–H groups in total. The first kappa shape index (κ1) is 45.1. The van der Waals surface area contributed by atoms with Crippen LogP contribution in [0.2, 0.25) is 0 Å². The third-order valence-corrected chi connectivity index (χ3v) is 10.6. The highest BCUT2D eigenvalue weighted by Gasteiger charge is 2.17. The fraction of sp³-hybridized carbons (Fsp3) is 0.520. The summed E-state index contributed by atoms with van der Waals surface area (Å²) in [4.78, 5) is 0. The summed E-state index contributed by atoms with van der Waals surface area (Å²) in [5, 5.41) is 0. The molecule has 306 valence electrons. The number of hydrogen-bond acceptors (Lipinski definition) is 5. The lowest BCUT2D eigenvalue weighted by molar-refractivity contribution is 0.232. The Labute approximate surface area is 348 Å². The van der Waals surface area contributed by atoms with Gasteiger partial charge in [-0.3, -0.25) is 0 Å². The number of unbranched alkanes of at least 4 members (excludes halogenated alkanes) is 15. The molecule has 0 unspecified atom stereocenters. The number of ether oxygens (including phenoxy) is 5. The van der Waals surface area contributed by atoms with Crippen LogP contribution in [0.25, 0.3) is 11.1 Å². The van der Waals surface area contributed by atoms with E-state index in [2.05, 4.69) is 85.2 Å². The molecule has 0 aliphatic heterocycles. The zero-order valence-corrected chi connectivity index (χ0v) is 36.4. The number of hydrogen-bond donors (Lipinski definition) is 0. The minimum atomic E-state index is 0.405. The predicted molar refractivity (Wildman–Crippen MR) is 238 cm³/mol. The maximum Gasteiger partial charge on any atom is 0.203 e. The van der Waals surface area contributed by atoms with Crippen molar-refractivity contribution in [1.29, 1.82) is 0 Å². The van der Waals surface area contributed by atoms with Crippen LogP contribution in [0.15, 0.2) is 89.4 Å². The van der Waals surface area contributed by atoms with Crippen LogP contribution in [0.1, 0.15) is 147 Å². The van der Waals surface area contributed by atoms with Crippen LogP contribution < -0.4 is 23.7 Å². The van der Waals surface area contributed by atoms with Gasteiger partial charge in [0.2, 0.25) is 5.75 Å². The molecular weight excluding hydrogens is 760 g/mol. The molecule has 6 heteroatoms. The Kier molecular flexibility index (Phi) is 22.4. The van der Waals surface area contributed by atoms with Crippen LogP contribution >= 0.6 is 15.9 Å². The molecule has 0 atom stereocenters. The Hall–Kier alpha value is -3.64. The average molecular weight is 830 g/mol. The third kappa shape index (κ3) is 17.7. The largest absolute Gasteiger partial charge is 0.490 e. The summed E-state index contributed by atoms with van der Waals surface area (Å²) in [5.74, 6) is 3.94. The van der Waals surface area contributed by atoms with Gasteiger partial charge in [-0.1, -0.05) is 169 Å². The molecule has 4 aromatic rings. The Morgan fingerprint density at radius 1 is 0.375 bits per heavy atom. The highest BCUT2D eigenvalue weighted by molar-refractivity contribution is 9.10. The van der Waals surface area contributed by atoms with E-state index in [1.54, 1.807) is 0 Å². The smallest absolute Gasteiger partial charge is 0.203 e. The first-order chi connectivity index (χ1) is 27.6. The number of benzene rings is 4. The lowest BCUT2D eigenvalue weighted by Gasteiger charge is -2.19. The minimum Gasteiger partial charge on any atom is -0.490 e. The molecular formula is C50H69BrO5. The van der Waals surface area contributed by atoms with Crippen molar-refractivity contribution >= 4 is 15.9 Å². The normalized spacial score (nSPS) is 11.1. The molecule has 4 rings (SSSR count). The van der Waals surface area contributed by atoms with Crippen molar-refractivity contribution in [1.82, 2.24) is 0 Å². The highest BCUT2D eigenvalue weighted by atomic mass is 79.9. The predicted octanol–water partition coefficient (Wildman–Crippen LogP) is 15.5. The molecule has 0 bridgehead atoms. The molecule has 0 saturated heterocycles. The van der Waals surface area contributed by atoms with Crippen molar-refractivity contribution in [3.63, 3.8) is 0 Å². The SMILES string of the molecule is CCCCCCCCOc1cc(COc2ccc(-c3ccc(OCc4ccc(Br)cc4)cc3)cc2)cc(OCCCCCCCC)c1OCCCCCCCC. The van der Waals surface area contributed by atoms with Gasteiger partial charge in [-0.25, -0.2) is 0 Å². The van der Waals surface area contributed by atoms with E-state index >= 15 is 0 Å². The van der Waals surface area contributed by atoms with E-state index in [4.69, 9.17) is 23.7 Å². The Morgan fingerprint density at radius 3 is 1.18 bits per heavy atom. The molecule has 0 aromatic heterocycles. The van der Waals surface area contributed by atoms with Gasteiger partial charge < -0.3 is 23.7 Å². The van der Waals surface area contributed by atoms with Gasteiger partial charge in [0.05, 0.1) is 19.8 Å². The second kappa shape index (κ2) is 27.9. The topological polar surface area (TPSA) is 46.2 Å². The molecule has 0 aliphatic carbocycles. The van der Waals surface area contributed by atoms with E-state index in [9.17, 15) is 0 Å². The third-order valence-electron chi connectivity index (χ3n) is 10.1. The van der Waals surface area contributed by atoms with Crippen LogP contribution in [0, 0.1) is 0 Å². The minimum absolute atomic E-state index is 0.405. The summed E-state index contributed by atoms with van der Waals surface area (Å²) in [7, 11) is 0. The van der Waals surface area contributed by atoms with E-state index < -0.39 is 0 Å². The van der Waals surface area contributed by atoms with Crippen molar-refractivity contribution in [3.8, 4) is 39.9 Å². The highest BCUT2D eigenvalue weighted by Crippen LogP contribution is 2.40. The van der Waals surface area contributed by atoms with Gasteiger partial charge in [0.25, 0.3) is 0 Å². The lowest BCUT2D eigenvalue weighted by atomic mass is 10.1. The van der Waals surface area contributed by atoms with Crippen molar-refractivity contribution in [2.24, 2.45) is 0 Å². The molecule has 0 heterocycles. The average Bonchev–Trinajstić information content (AvgIpc) is 3.22. The van der Waals surface area contributed by atoms with Crippen molar-refractivity contribution in [3.05, 3.63) is 101 Å². The van der Waals surface area contributed by atoms with Gasteiger partial charge in [0.1, 0.15) is 24.7 Å². The second-order valence-corrected chi connectivity index (χ2v) is 15.9. The van der Waals surface area contributed by atoms with Gasteiger partial charge in [-0.15, -0.1) is 0 Å². The summed E-state index contributed by atoms with van der Waals surface area (Å²) in [6.45, 7) is 9.72. The Bertz CT molecular complexity index is 1550. The molecule has 0 saturated carbocycles. The maximum absolute atomic E-state index is 6.51. The fourth-order valence-corrected chi connectivity index (χ4v) is 6.92. The molecule has 0 radical (unpaired) electrons. The second-order valence-electron chi connectivity index (χ2n) is 15.0. The summed E-state index contributed by atoms with van der Waals surface area (Å²) >= 11 is 3.49. The van der Waals surface area contributed by atoms with Crippen LogP contribution in [-0.4, -0.2) is 19.8 Å². The lowest BCUT2D eigenvalue weighted by Crippen LogP contribution is -2.08. The Morgan fingerprint density at radius 2 is 0.750 bits per heavy atom. The molecule has 0 aliphatic rings. The van der Waals surface area contributed by atoms with Crippen LogP contribution in [0.5, 0.6) is 28.7 Å². The molecule has 56 heavy (non-hydrogen) atoms. The molecule has 0 amide bonds. The molecule has 0 fully saturated rings. The van der Waals surface area contributed by atoms with Crippen molar-refractivity contribution in [2.75, 3.05) is 19.8 Å². The maximum atomic E-state index is 6.51. The van der Waals surface area contributed by atoms with Gasteiger partial charge in [0.15, 0.2) is 11.5 Å². The van der Waals surface area contributed by atoms with Crippen molar-refractivity contribution in [2.45, 2.75) is 150 Å². The first-order valence-electron chi connectivity index (χ1n) is 21.9. The molecule has 4 aromatic carbocycles. The number of rotatable bonds is 31. The van der Waals surface area contributed by atoms with Gasteiger partial charge >= 0.3 is 0 Å². The van der Waals surface area contributed by atoms with E-state index in [1.807, 2.05) is 36.4 Å². The summed E-state index contributed by atoms with van der Waals surface area (Å²) in [6.07, 6.45) is 22.0. The fourth-order valence-electron chi connectivity index (χ4n) is 6.66. The standard InChI is InChI=1S/C50H69BrO5/c1-4-7-10-13-16-19-34-52-48-37-42(38-49(53-35-20-17-14-11-8-5-2)50(48)54-36-21-18-15-12-9-6-3)40-56-47-32-26-44(27-33-47)43-24-30-46(31-25-43)55-39-41-22-28-45(51)29-23-41/h22-33,37-38H,4-21,34-36,39-40H2,1-3H3. The van der Waals surface area contributed by atoms with Gasteiger partial charge in [-0.2, -0.15) is 0 Å². The quantitative estimate of drug-likeness (QED) is 0.0473. The summed E-state index contributed by atoms with van der Waals surface area (Å²) in [5.41, 5.74) is 4.40.